The molecule has 2 aromatic heterocycles. The van der Waals surface area contributed by atoms with Gasteiger partial charge in [-0.2, -0.15) is 10.2 Å². The van der Waals surface area contributed by atoms with Gasteiger partial charge in [0, 0.05) is 11.4 Å². The van der Waals surface area contributed by atoms with Crippen LogP contribution in [0.4, 0.5) is 0 Å². The van der Waals surface area contributed by atoms with E-state index in [-0.39, 0.29) is 0 Å². The molecule has 132 valence electrons. The lowest BCUT2D eigenvalue weighted by Crippen LogP contribution is -2.04. The predicted molar refractivity (Wildman–Crippen MR) is 106 cm³/mol. The Labute approximate surface area is 154 Å². The van der Waals surface area contributed by atoms with Crippen LogP contribution in [0.2, 0.25) is 0 Å². The summed E-state index contributed by atoms with van der Waals surface area (Å²) >= 11 is 0. The van der Waals surface area contributed by atoms with E-state index in [2.05, 4.69) is 81.9 Å². The van der Waals surface area contributed by atoms with Gasteiger partial charge in [0.2, 0.25) is 0 Å². The minimum Gasteiger partial charge on any atom is -0.265 e. The molecule has 0 N–H and O–H groups in total. The molecule has 0 aliphatic rings. The van der Waals surface area contributed by atoms with Gasteiger partial charge in [-0.1, -0.05) is 24.3 Å². The van der Waals surface area contributed by atoms with Crippen molar-refractivity contribution >= 4 is 10.8 Å². The molecule has 0 unspecified atom stereocenters. The van der Waals surface area contributed by atoms with E-state index in [1.807, 2.05) is 13.8 Å². The van der Waals surface area contributed by atoms with Crippen LogP contribution in [0.15, 0.2) is 48.5 Å². The van der Waals surface area contributed by atoms with Crippen molar-refractivity contribution in [1.29, 1.82) is 0 Å². The van der Waals surface area contributed by atoms with Crippen molar-refractivity contribution in [3.63, 3.8) is 0 Å². The topological polar surface area (TPSA) is 35.6 Å². The molecule has 0 aliphatic heterocycles. The highest BCUT2D eigenvalue weighted by Crippen LogP contribution is 2.20. The second-order valence-electron chi connectivity index (χ2n) is 7.19. The van der Waals surface area contributed by atoms with E-state index in [0.717, 1.165) is 24.5 Å². The van der Waals surface area contributed by atoms with Crippen molar-refractivity contribution in [3.05, 3.63) is 82.4 Å². The quantitative estimate of drug-likeness (QED) is 0.544. The zero-order valence-electron chi connectivity index (χ0n) is 15.8. The zero-order valence-corrected chi connectivity index (χ0v) is 15.8. The van der Waals surface area contributed by atoms with Crippen molar-refractivity contribution < 1.29 is 0 Å². The molecular weight excluding hydrogens is 320 g/mol. The summed E-state index contributed by atoms with van der Waals surface area (Å²) in [5.41, 5.74) is 7.07. The molecule has 4 aromatic rings. The van der Waals surface area contributed by atoms with Crippen LogP contribution in [-0.2, 0) is 13.1 Å². The molecule has 4 rings (SSSR count). The Morgan fingerprint density at radius 3 is 1.38 bits per heavy atom. The molecule has 2 aromatic carbocycles. The molecule has 0 radical (unpaired) electrons. The van der Waals surface area contributed by atoms with Crippen LogP contribution in [-0.4, -0.2) is 19.6 Å². The highest BCUT2D eigenvalue weighted by atomic mass is 15.3. The van der Waals surface area contributed by atoms with Crippen molar-refractivity contribution in [3.8, 4) is 0 Å². The van der Waals surface area contributed by atoms with Crippen LogP contribution < -0.4 is 0 Å². The Hall–Kier alpha value is -2.88. The number of rotatable bonds is 4. The van der Waals surface area contributed by atoms with Crippen molar-refractivity contribution in [2.75, 3.05) is 0 Å². The normalized spacial score (nSPS) is 11.4. The molecular formula is C22H24N4. The van der Waals surface area contributed by atoms with E-state index in [1.54, 1.807) is 0 Å². The van der Waals surface area contributed by atoms with Gasteiger partial charge in [0.1, 0.15) is 0 Å². The Balaban J connectivity index is 1.59. The molecule has 0 atom stereocenters. The largest absolute Gasteiger partial charge is 0.265 e. The van der Waals surface area contributed by atoms with E-state index in [0.29, 0.717) is 0 Å². The van der Waals surface area contributed by atoms with Crippen molar-refractivity contribution in [2.45, 2.75) is 40.8 Å². The van der Waals surface area contributed by atoms with E-state index in [4.69, 9.17) is 0 Å². The lowest BCUT2D eigenvalue weighted by molar-refractivity contribution is 0.658. The van der Waals surface area contributed by atoms with Gasteiger partial charge in [-0.25, -0.2) is 0 Å². The molecule has 2 heterocycles. The highest BCUT2D eigenvalue weighted by Gasteiger charge is 2.05. The first-order valence-corrected chi connectivity index (χ1v) is 9.01. The minimum atomic E-state index is 0.809. The third-order valence-electron chi connectivity index (χ3n) is 4.84. The fourth-order valence-corrected chi connectivity index (χ4v) is 3.56. The molecule has 0 saturated heterocycles. The Morgan fingerprint density at radius 2 is 1.04 bits per heavy atom. The summed E-state index contributed by atoms with van der Waals surface area (Å²) in [5, 5.41) is 11.7. The number of hydrogen-bond donors (Lipinski definition) is 0. The van der Waals surface area contributed by atoms with Gasteiger partial charge < -0.3 is 0 Å². The fraction of sp³-hybridized carbons (Fsp3) is 0.273. The first kappa shape index (κ1) is 16.6. The van der Waals surface area contributed by atoms with E-state index in [9.17, 15) is 0 Å². The van der Waals surface area contributed by atoms with Crippen LogP contribution in [0, 0.1) is 27.7 Å². The number of aryl methyl sites for hydroxylation is 4. The number of nitrogens with zero attached hydrogens (tertiary/aromatic N) is 4. The van der Waals surface area contributed by atoms with Gasteiger partial charge in [0.05, 0.1) is 24.5 Å². The van der Waals surface area contributed by atoms with Crippen molar-refractivity contribution in [2.24, 2.45) is 0 Å². The highest BCUT2D eigenvalue weighted by molar-refractivity contribution is 5.83. The molecule has 0 aliphatic carbocycles. The molecule has 0 bridgehead atoms. The van der Waals surface area contributed by atoms with Gasteiger partial charge >= 0.3 is 0 Å². The van der Waals surface area contributed by atoms with Crippen LogP contribution in [0.25, 0.3) is 10.8 Å². The lowest BCUT2D eigenvalue weighted by Gasteiger charge is -2.09. The molecule has 0 spiro atoms. The van der Waals surface area contributed by atoms with Crippen LogP contribution in [0.5, 0.6) is 0 Å². The van der Waals surface area contributed by atoms with Gasteiger partial charge in [-0.3, -0.25) is 9.36 Å². The molecule has 0 saturated carbocycles. The van der Waals surface area contributed by atoms with E-state index < -0.39 is 0 Å². The van der Waals surface area contributed by atoms with Gasteiger partial charge in [-0.15, -0.1) is 0 Å². The molecule has 4 nitrogen and oxygen atoms in total. The summed E-state index contributed by atoms with van der Waals surface area (Å²) in [5.74, 6) is 0. The number of aromatic nitrogens is 4. The minimum absolute atomic E-state index is 0.809. The standard InChI is InChI=1S/C22H24N4/c1-15-9-17(3)25(23-15)13-19-5-7-22-12-20(6-8-21(22)11-19)14-26-18(4)10-16(2)24-26/h5-12H,13-14H2,1-4H3. The smallest absolute Gasteiger partial charge is 0.0662 e. The van der Waals surface area contributed by atoms with Gasteiger partial charge in [-0.05, 0) is 73.9 Å². The summed E-state index contributed by atoms with van der Waals surface area (Å²) < 4.78 is 4.13. The van der Waals surface area contributed by atoms with E-state index >= 15 is 0 Å². The van der Waals surface area contributed by atoms with Gasteiger partial charge in [0.25, 0.3) is 0 Å². The maximum Gasteiger partial charge on any atom is 0.0662 e. The summed E-state index contributed by atoms with van der Waals surface area (Å²) in [6.07, 6.45) is 0. The number of hydrogen-bond acceptors (Lipinski definition) is 2. The zero-order chi connectivity index (χ0) is 18.3. The second-order valence-corrected chi connectivity index (χ2v) is 7.19. The van der Waals surface area contributed by atoms with Crippen molar-refractivity contribution in [1.82, 2.24) is 19.6 Å². The second kappa shape index (κ2) is 6.45. The number of benzene rings is 2. The molecule has 26 heavy (non-hydrogen) atoms. The summed E-state index contributed by atoms with van der Waals surface area (Å²) in [4.78, 5) is 0. The first-order chi connectivity index (χ1) is 12.5. The molecule has 0 fully saturated rings. The predicted octanol–water partition coefficient (Wildman–Crippen LogP) is 4.56. The van der Waals surface area contributed by atoms with Gasteiger partial charge in [0.15, 0.2) is 0 Å². The van der Waals surface area contributed by atoms with Crippen LogP contribution in [0.3, 0.4) is 0 Å². The Morgan fingerprint density at radius 1 is 0.615 bits per heavy atom. The molecule has 4 heteroatoms. The average molecular weight is 344 g/mol. The maximum absolute atomic E-state index is 4.56. The van der Waals surface area contributed by atoms with E-state index in [1.165, 1.54) is 33.3 Å². The average Bonchev–Trinajstić information content (AvgIpc) is 3.08. The monoisotopic (exact) mass is 344 g/mol. The Bertz CT molecular complexity index is 997. The summed E-state index contributed by atoms with van der Waals surface area (Å²) in [6, 6.07) is 17.6. The van der Waals surface area contributed by atoms with Crippen LogP contribution >= 0.6 is 0 Å². The van der Waals surface area contributed by atoms with Crippen LogP contribution in [0.1, 0.15) is 33.9 Å². The maximum atomic E-state index is 4.56. The lowest BCUT2D eigenvalue weighted by atomic mass is 10.0. The number of fused-ring (bicyclic) bond motifs is 1. The third-order valence-corrected chi connectivity index (χ3v) is 4.84. The first-order valence-electron chi connectivity index (χ1n) is 9.01. The third kappa shape index (κ3) is 3.27. The summed E-state index contributed by atoms with van der Waals surface area (Å²) in [7, 11) is 0. The summed E-state index contributed by atoms with van der Waals surface area (Å²) in [6.45, 7) is 9.90. The Kier molecular flexibility index (Phi) is 4.11. The fourth-order valence-electron chi connectivity index (χ4n) is 3.56. The SMILES string of the molecule is Cc1cc(C)n(Cc2ccc3cc(Cn4nc(C)cc4C)ccc3c2)n1. The molecule has 0 amide bonds.